The molecule has 0 aromatic rings. The maximum atomic E-state index is 14.0. The van der Waals surface area contributed by atoms with Crippen molar-refractivity contribution in [2.24, 2.45) is 26.8 Å². The van der Waals surface area contributed by atoms with Gasteiger partial charge in [0, 0.05) is 58.4 Å². The Kier molecular flexibility index (Phi) is 14.1. The lowest BCUT2D eigenvalue weighted by Crippen LogP contribution is -2.16. The molecule has 5 aliphatic heterocycles. The number of carbonyl (C=O) groups is 2. The monoisotopic (exact) mass is 812 g/mol. The number of carbonyl (C=O) groups excluding carboxylic acids is 2. The van der Waals surface area contributed by atoms with Gasteiger partial charge in [-0.05, 0) is 134 Å². The topological polar surface area (TPSA) is 133 Å². The summed E-state index contributed by atoms with van der Waals surface area (Å²) in [6.07, 6.45) is 17.8. The van der Waals surface area contributed by atoms with Crippen LogP contribution in [0, 0.1) is 11.8 Å². The summed E-state index contributed by atoms with van der Waals surface area (Å²) in [6.45, 7) is 20.8. The molecule has 9 nitrogen and oxygen atoms in total. The fraction of sp³-hybridized carbons (Fsp3) is 0.471. The largest absolute Gasteiger partial charge is 0.515 e. The highest BCUT2D eigenvalue weighted by Crippen LogP contribution is 2.47. The zero-order chi connectivity index (χ0) is 43.4. The van der Waals surface area contributed by atoms with Crippen molar-refractivity contribution >= 4 is 28.9 Å². The molecule has 0 aromatic heterocycles. The van der Waals surface area contributed by atoms with Crippen molar-refractivity contribution in [3.05, 3.63) is 126 Å². The van der Waals surface area contributed by atoms with Crippen LogP contribution in [0.3, 0.4) is 0 Å². The van der Waals surface area contributed by atoms with Gasteiger partial charge in [-0.2, -0.15) is 0 Å². The summed E-state index contributed by atoms with van der Waals surface area (Å²) in [5.41, 5.74) is 16.3. The number of aliphatic hydroxyl groups is 2. The van der Waals surface area contributed by atoms with Gasteiger partial charge in [0.1, 0.15) is 6.61 Å². The number of allylic oxidation sites excluding steroid dienone is 16. The number of hydrogen-bond donors (Lipinski definition) is 3. The molecule has 0 spiro atoms. The molecular weight excluding hydrogens is 749 g/mol. The Balaban J connectivity index is 1.34. The molecule has 3 atom stereocenters. The predicted molar refractivity (Wildman–Crippen MR) is 244 cm³/mol. The van der Waals surface area contributed by atoms with Gasteiger partial charge in [-0.25, -0.2) is 15.0 Å². The van der Waals surface area contributed by atoms with E-state index in [1.807, 2.05) is 39.0 Å². The summed E-state index contributed by atoms with van der Waals surface area (Å²) >= 11 is 0. The number of ketones is 1. The number of fused-ring (bicyclic) bond motifs is 5. The first-order chi connectivity index (χ1) is 28.7. The summed E-state index contributed by atoms with van der Waals surface area (Å²) in [7, 11) is 0. The highest BCUT2D eigenvalue weighted by Gasteiger charge is 2.44. The number of Topliss-reactive ketones (excluding diaryl/α,β-unsaturated/α-hetero) is 1. The maximum absolute atomic E-state index is 14.0. The molecular formula is C51H64N4O5. The van der Waals surface area contributed by atoms with E-state index in [9.17, 15) is 19.8 Å². The van der Waals surface area contributed by atoms with Crippen molar-refractivity contribution in [1.82, 2.24) is 5.32 Å². The zero-order valence-electron chi connectivity index (χ0n) is 37.4. The van der Waals surface area contributed by atoms with E-state index in [0.29, 0.717) is 64.5 Å². The summed E-state index contributed by atoms with van der Waals surface area (Å²) in [6, 6.07) is 0. The Labute approximate surface area is 357 Å². The second-order valence-electron chi connectivity index (χ2n) is 17.3. The third-order valence-corrected chi connectivity index (χ3v) is 12.6. The lowest BCUT2D eigenvalue weighted by molar-refractivity contribution is -0.142. The second-order valence-corrected chi connectivity index (χ2v) is 17.3. The number of nitrogens with one attached hydrogen (secondary N) is 1. The van der Waals surface area contributed by atoms with Gasteiger partial charge in [0.25, 0.3) is 0 Å². The van der Waals surface area contributed by atoms with Crippen molar-refractivity contribution in [1.29, 1.82) is 0 Å². The highest BCUT2D eigenvalue weighted by molar-refractivity contribution is 6.38. The Morgan fingerprint density at radius 3 is 2.28 bits per heavy atom. The predicted octanol–water partition coefficient (Wildman–Crippen LogP) is 11.1. The molecule has 1 saturated carbocycles. The van der Waals surface area contributed by atoms with Gasteiger partial charge in [-0.3, -0.25) is 9.59 Å². The van der Waals surface area contributed by atoms with E-state index in [-0.39, 0.29) is 43.0 Å². The first-order valence-electron chi connectivity index (χ1n) is 21.9. The molecule has 1 saturated heterocycles. The minimum atomic E-state index is -0.801. The minimum absolute atomic E-state index is 0.0401. The fourth-order valence-electron chi connectivity index (χ4n) is 9.37. The van der Waals surface area contributed by atoms with Crippen LogP contribution in [0.15, 0.2) is 141 Å². The molecule has 2 fully saturated rings. The average Bonchev–Trinajstić information content (AvgIpc) is 3.97. The molecule has 0 radical (unpaired) electrons. The first-order valence-corrected chi connectivity index (χ1v) is 21.9. The molecule has 3 N–H and O–H groups in total. The molecule has 318 valence electrons. The Bertz CT molecular complexity index is 2300. The zero-order valence-corrected chi connectivity index (χ0v) is 37.4. The molecule has 5 heterocycles. The van der Waals surface area contributed by atoms with Gasteiger partial charge in [0.05, 0.1) is 46.6 Å². The van der Waals surface area contributed by atoms with Crippen molar-refractivity contribution in [2.75, 3.05) is 6.61 Å². The van der Waals surface area contributed by atoms with Crippen molar-refractivity contribution < 1.29 is 24.5 Å². The SMILES string of the molecule is CCCC1=C2C=C3N=C4C(=C5NC(=C(C)C6=NC(=CC(=N2)C1=CO)C(C(C)O)=C6C)C(C)C5CCC(=O)OCC=C(C)CCC=C(C)CCC=C(C)C)CC(=O)C4=C3CC. The van der Waals surface area contributed by atoms with Gasteiger partial charge in [-0.1, -0.05) is 56.1 Å². The van der Waals surface area contributed by atoms with E-state index in [1.165, 1.54) is 16.7 Å². The third kappa shape index (κ3) is 9.12. The number of aliphatic hydroxyl groups excluding tert-OH is 2. The summed E-state index contributed by atoms with van der Waals surface area (Å²) < 4.78 is 5.76. The van der Waals surface area contributed by atoms with Crippen LogP contribution in [0.5, 0.6) is 0 Å². The van der Waals surface area contributed by atoms with Crippen LogP contribution in [0.2, 0.25) is 0 Å². The number of hydrogen-bond acceptors (Lipinski definition) is 9. The molecule has 8 bridgehead atoms. The lowest BCUT2D eigenvalue weighted by atomic mass is 9.85. The summed E-state index contributed by atoms with van der Waals surface area (Å²) in [4.78, 5) is 42.7. The Morgan fingerprint density at radius 2 is 1.62 bits per heavy atom. The minimum Gasteiger partial charge on any atom is -0.515 e. The number of aliphatic imine (C=N–C) groups is 3. The van der Waals surface area contributed by atoms with Crippen LogP contribution in [0.25, 0.3) is 0 Å². The Hall–Kier alpha value is -5.15. The standard InChI is InChI=1S/C51H64N4O5/c1-11-15-37-39(27-56)42-26-43-46(34(10)57)32(8)49(54-43)33(9)48-31(7)36(20-21-45(59)60-23-22-30(6)19-14-18-29(5)17-13-16-28(3)4)50(55-48)38-24-44(58)47-35(12-2)40(53-51(38)47)25-41(37)52-42/h16,18,22,25-27,31,34,36,55-57H,11-15,17,19-21,23-24H2,1-10H3. The summed E-state index contributed by atoms with van der Waals surface area (Å²) in [5.74, 6) is -0.372. The molecule has 0 aromatic carbocycles. The molecule has 0 amide bonds. The van der Waals surface area contributed by atoms with Gasteiger partial charge in [-0.15, -0.1) is 0 Å². The van der Waals surface area contributed by atoms with Crippen LogP contribution in [-0.4, -0.2) is 51.8 Å². The maximum Gasteiger partial charge on any atom is 0.306 e. The van der Waals surface area contributed by atoms with E-state index in [1.54, 1.807) is 6.92 Å². The van der Waals surface area contributed by atoms with Gasteiger partial charge in [0.2, 0.25) is 0 Å². The highest BCUT2D eigenvalue weighted by atomic mass is 16.5. The van der Waals surface area contributed by atoms with Gasteiger partial charge in [0.15, 0.2) is 5.78 Å². The number of esters is 1. The molecule has 6 aliphatic rings. The van der Waals surface area contributed by atoms with E-state index >= 15 is 0 Å². The number of nitrogens with zero attached hydrogens (tertiary/aromatic N) is 3. The van der Waals surface area contributed by atoms with Crippen LogP contribution in [0.1, 0.15) is 133 Å². The number of rotatable bonds is 15. The molecule has 6 rings (SSSR count). The summed E-state index contributed by atoms with van der Waals surface area (Å²) in [5, 5.41) is 25.5. The van der Waals surface area contributed by atoms with Crippen LogP contribution >= 0.6 is 0 Å². The quantitative estimate of drug-likeness (QED) is 0.0857. The van der Waals surface area contributed by atoms with Crippen LogP contribution in [-0.2, 0) is 14.3 Å². The van der Waals surface area contributed by atoms with E-state index in [2.05, 4.69) is 59.0 Å². The lowest BCUT2D eigenvalue weighted by Gasteiger charge is -2.17. The van der Waals surface area contributed by atoms with E-state index in [0.717, 1.165) is 83.3 Å². The third-order valence-electron chi connectivity index (χ3n) is 12.6. The molecule has 1 aliphatic carbocycles. The molecule has 9 heteroatoms. The first kappa shape index (κ1) is 44.4. The van der Waals surface area contributed by atoms with Crippen molar-refractivity contribution in [3.63, 3.8) is 0 Å². The van der Waals surface area contributed by atoms with E-state index < -0.39 is 6.10 Å². The van der Waals surface area contributed by atoms with E-state index in [4.69, 9.17) is 19.7 Å². The fourth-order valence-corrected chi connectivity index (χ4v) is 9.37. The molecule has 60 heavy (non-hydrogen) atoms. The van der Waals surface area contributed by atoms with Gasteiger partial charge >= 0.3 is 5.97 Å². The van der Waals surface area contributed by atoms with Crippen LogP contribution in [0.4, 0.5) is 0 Å². The normalized spacial score (nSPS) is 22.8. The average molecular weight is 813 g/mol. The second kappa shape index (κ2) is 19.1. The van der Waals surface area contributed by atoms with Crippen molar-refractivity contribution in [2.45, 2.75) is 140 Å². The molecule has 3 unspecified atom stereocenters. The van der Waals surface area contributed by atoms with Crippen molar-refractivity contribution in [3.8, 4) is 0 Å². The smallest absolute Gasteiger partial charge is 0.306 e. The van der Waals surface area contributed by atoms with Gasteiger partial charge < -0.3 is 20.3 Å². The Morgan fingerprint density at radius 1 is 0.917 bits per heavy atom. The van der Waals surface area contributed by atoms with Crippen LogP contribution < -0.4 is 5.32 Å². The number of ether oxygens (including phenoxy) is 1.